The van der Waals surface area contributed by atoms with Gasteiger partial charge in [-0.15, -0.1) is 0 Å². The molecule has 0 saturated carbocycles. The Bertz CT molecular complexity index is 1370. The molecule has 8 heteroatoms. The zero-order chi connectivity index (χ0) is 26.2. The fraction of sp³-hybridized carbons (Fsp3) is 0.172. The number of amides is 2. The molecule has 8 nitrogen and oxygen atoms in total. The van der Waals surface area contributed by atoms with Crippen LogP contribution in [0.5, 0.6) is 0 Å². The molecule has 4 rings (SSSR count). The van der Waals surface area contributed by atoms with Crippen molar-refractivity contribution >= 4 is 29.0 Å². The van der Waals surface area contributed by atoms with E-state index < -0.39 is 5.91 Å². The van der Waals surface area contributed by atoms with E-state index in [4.69, 9.17) is 0 Å². The zero-order valence-corrected chi connectivity index (χ0v) is 21.2. The number of carbonyl (C=O) groups is 2. The number of aromatic nitrogens is 2. The average Bonchev–Trinajstić information content (AvgIpc) is 2.90. The van der Waals surface area contributed by atoms with E-state index in [1.807, 2.05) is 75.6 Å². The second kappa shape index (κ2) is 11.9. The molecule has 37 heavy (non-hydrogen) atoms. The van der Waals surface area contributed by atoms with E-state index in [2.05, 4.69) is 30.8 Å². The van der Waals surface area contributed by atoms with Crippen LogP contribution in [0, 0.1) is 6.92 Å². The molecule has 1 heterocycles. The van der Waals surface area contributed by atoms with Crippen molar-refractivity contribution in [3.05, 3.63) is 102 Å². The van der Waals surface area contributed by atoms with Crippen molar-refractivity contribution in [3.63, 3.8) is 0 Å². The van der Waals surface area contributed by atoms with E-state index in [0.717, 1.165) is 17.7 Å². The van der Waals surface area contributed by atoms with E-state index in [1.54, 1.807) is 30.3 Å². The molecule has 3 aromatic carbocycles. The molecule has 188 valence electrons. The number of benzene rings is 3. The lowest BCUT2D eigenvalue weighted by Crippen LogP contribution is -2.22. The number of aryl methyl sites for hydroxylation is 1. The Morgan fingerprint density at radius 3 is 2.24 bits per heavy atom. The number of rotatable bonds is 9. The van der Waals surface area contributed by atoms with Gasteiger partial charge < -0.3 is 20.9 Å². The number of hydrogen-bond acceptors (Lipinski definition) is 6. The molecule has 0 aliphatic heterocycles. The molecule has 0 aliphatic rings. The molecular formula is C29H30N6O2. The van der Waals surface area contributed by atoms with E-state index in [-0.39, 0.29) is 11.6 Å². The molecule has 0 fully saturated rings. The highest BCUT2D eigenvalue weighted by molar-refractivity contribution is 6.12. The summed E-state index contributed by atoms with van der Waals surface area (Å²) in [6.45, 7) is 3.44. The lowest BCUT2D eigenvalue weighted by molar-refractivity contribution is 0.102. The summed E-state index contributed by atoms with van der Waals surface area (Å²) >= 11 is 0. The van der Waals surface area contributed by atoms with Gasteiger partial charge in [-0.25, -0.2) is 9.97 Å². The summed E-state index contributed by atoms with van der Waals surface area (Å²) in [5, 5.41) is 9.01. The average molecular weight is 495 g/mol. The molecular weight excluding hydrogens is 464 g/mol. The van der Waals surface area contributed by atoms with Gasteiger partial charge in [-0.3, -0.25) is 9.59 Å². The number of nitrogens with one attached hydrogen (secondary N) is 3. The molecule has 3 N–H and O–H groups in total. The van der Waals surface area contributed by atoms with Gasteiger partial charge in [-0.2, -0.15) is 0 Å². The normalized spacial score (nSPS) is 10.7. The van der Waals surface area contributed by atoms with Gasteiger partial charge in [0, 0.05) is 30.4 Å². The maximum atomic E-state index is 13.3. The Morgan fingerprint density at radius 2 is 1.51 bits per heavy atom. The number of hydrogen-bond donors (Lipinski definition) is 3. The third-order valence-electron chi connectivity index (χ3n) is 5.59. The van der Waals surface area contributed by atoms with Gasteiger partial charge in [0.25, 0.3) is 11.8 Å². The van der Waals surface area contributed by atoms with Gasteiger partial charge in [-0.05, 0) is 45.3 Å². The van der Waals surface area contributed by atoms with Crippen LogP contribution in [0.15, 0.2) is 84.9 Å². The van der Waals surface area contributed by atoms with Gasteiger partial charge in [-0.1, -0.05) is 60.2 Å². The molecule has 0 spiro atoms. The lowest BCUT2D eigenvalue weighted by atomic mass is 10.1. The summed E-state index contributed by atoms with van der Waals surface area (Å²) in [4.78, 5) is 37.5. The molecule has 0 atom stereocenters. The molecule has 0 saturated heterocycles. The highest BCUT2D eigenvalue weighted by Crippen LogP contribution is 2.21. The smallest absolute Gasteiger partial charge is 0.274 e. The van der Waals surface area contributed by atoms with Crippen LogP contribution in [-0.2, 0) is 0 Å². The van der Waals surface area contributed by atoms with E-state index in [9.17, 15) is 9.59 Å². The van der Waals surface area contributed by atoms with Gasteiger partial charge in [0.15, 0.2) is 5.82 Å². The second-order valence-corrected chi connectivity index (χ2v) is 8.88. The van der Waals surface area contributed by atoms with E-state index in [0.29, 0.717) is 35.1 Å². The van der Waals surface area contributed by atoms with Crippen molar-refractivity contribution in [2.45, 2.75) is 6.92 Å². The number of carbonyl (C=O) groups excluding carboxylic acids is 2. The van der Waals surface area contributed by atoms with Crippen LogP contribution in [0.4, 0.5) is 17.2 Å². The van der Waals surface area contributed by atoms with Gasteiger partial charge in [0.05, 0.1) is 11.3 Å². The maximum absolute atomic E-state index is 13.3. The topological polar surface area (TPSA) is 99.2 Å². The third kappa shape index (κ3) is 6.99. The Morgan fingerprint density at radius 1 is 0.811 bits per heavy atom. The SMILES string of the molecule is Cc1ccc(NC(=O)c2ccccc2NC(=O)c2cc(NCCN(C)C)nc(-c3ccccc3)n2)cc1. The van der Waals surface area contributed by atoms with Gasteiger partial charge in [0.2, 0.25) is 0 Å². The molecule has 4 aromatic rings. The second-order valence-electron chi connectivity index (χ2n) is 8.88. The quantitative estimate of drug-likeness (QED) is 0.305. The monoisotopic (exact) mass is 494 g/mol. The lowest BCUT2D eigenvalue weighted by Gasteiger charge is -2.14. The number of para-hydroxylation sites is 1. The van der Waals surface area contributed by atoms with Crippen molar-refractivity contribution < 1.29 is 9.59 Å². The van der Waals surface area contributed by atoms with Crippen molar-refractivity contribution in [1.82, 2.24) is 14.9 Å². The number of anilines is 3. The summed E-state index contributed by atoms with van der Waals surface area (Å²) < 4.78 is 0. The predicted octanol–water partition coefficient (Wildman–Crippen LogP) is 4.93. The van der Waals surface area contributed by atoms with Crippen molar-refractivity contribution in [2.75, 3.05) is 43.1 Å². The Kier molecular flexibility index (Phi) is 8.22. The number of likely N-dealkylation sites (N-methyl/N-ethyl adjacent to an activating group) is 1. The molecule has 0 aliphatic carbocycles. The van der Waals surface area contributed by atoms with Crippen LogP contribution in [0.2, 0.25) is 0 Å². The van der Waals surface area contributed by atoms with E-state index >= 15 is 0 Å². The first-order valence-electron chi connectivity index (χ1n) is 12.0. The van der Waals surface area contributed by atoms with Crippen LogP contribution in [0.25, 0.3) is 11.4 Å². The first-order chi connectivity index (χ1) is 17.9. The van der Waals surface area contributed by atoms with Crippen LogP contribution in [0.1, 0.15) is 26.4 Å². The zero-order valence-electron chi connectivity index (χ0n) is 21.2. The van der Waals surface area contributed by atoms with Crippen molar-refractivity contribution in [1.29, 1.82) is 0 Å². The molecule has 2 amide bonds. The molecule has 0 unspecified atom stereocenters. The minimum absolute atomic E-state index is 0.190. The predicted molar refractivity (Wildman–Crippen MR) is 148 cm³/mol. The van der Waals surface area contributed by atoms with Crippen LogP contribution in [0.3, 0.4) is 0 Å². The first kappa shape index (κ1) is 25.5. The Labute approximate surface area is 216 Å². The minimum Gasteiger partial charge on any atom is -0.369 e. The Hall–Kier alpha value is -4.56. The summed E-state index contributed by atoms with van der Waals surface area (Å²) in [6.07, 6.45) is 0. The van der Waals surface area contributed by atoms with Gasteiger partial charge >= 0.3 is 0 Å². The third-order valence-corrected chi connectivity index (χ3v) is 5.59. The van der Waals surface area contributed by atoms with Gasteiger partial charge in [0.1, 0.15) is 11.5 Å². The summed E-state index contributed by atoms with van der Waals surface area (Å²) in [6, 6.07) is 25.5. The molecule has 0 radical (unpaired) electrons. The first-order valence-corrected chi connectivity index (χ1v) is 12.0. The molecule has 0 bridgehead atoms. The highest BCUT2D eigenvalue weighted by atomic mass is 16.2. The fourth-order valence-corrected chi connectivity index (χ4v) is 3.59. The summed E-state index contributed by atoms with van der Waals surface area (Å²) in [5.41, 5.74) is 3.49. The van der Waals surface area contributed by atoms with Crippen molar-refractivity contribution in [3.8, 4) is 11.4 Å². The largest absolute Gasteiger partial charge is 0.369 e. The van der Waals surface area contributed by atoms with Crippen molar-refractivity contribution in [2.24, 2.45) is 0 Å². The Balaban J connectivity index is 1.58. The number of nitrogens with zero attached hydrogens (tertiary/aromatic N) is 3. The highest BCUT2D eigenvalue weighted by Gasteiger charge is 2.17. The van der Waals surface area contributed by atoms with Crippen LogP contribution in [-0.4, -0.2) is 53.9 Å². The van der Waals surface area contributed by atoms with Crippen LogP contribution >= 0.6 is 0 Å². The molecule has 1 aromatic heterocycles. The standard InChI is InChI=1S/C29H30N6O2/c1-20-13-15-22(16-14-20)31-28(36)23-11-7-8-12-24(23)33-29(37)25-19-26(30-17-18-35(2)3)34-27(32-25)21-9-5-4-6-10-21/h4-16,19H,17-18H2,1-3H3,(H,31,36)(H,33,37)(H,30,32,34). The fourth-order valence-electron chi connectivity index (χ4n) is 3.59. The van der Waals surface area contributed by atoms with Crippen LogP contribution < -0.4 is 16.0 Å². The van der Waals surface area contributed by atoms with E-state index in [1.165, 1.54) is 0 Å². The summed E-state index contributed by atoms with van der Waals surface area (Å²) in [5.74, 6) is 0.224. The minimum atomic E-state index is -0.439. The maximum Gasteiger partial charge on any atom is 0.274 e. The summed E-state index contributed by atoms with van der Waals surface area (Å²) in [7, 11) is 3.98.